The Kier molecular flexibility index (Phi) is 3.93. The molecule has 82 valence electrons. The van der Waals surface area contributed by atoms with E-state index in [2.05, 4.69) is 25.9 Å². The van der Waals surface area contributed by atoms with Crippen LogP contribution in [0.25, 0.3) is 0 Å². The Morgan fingerprint density at radius 2 is 1.75 bits per heavy atom. The summed E-state index contributed by atoms with van der Waals surface area (Å²) in [6.45, 7) is -0.0246. The zero-order chi connectivity index (χ0) is 11.4. The first kappa shape index (κ1) is 11.6. The van der Waals surface area contributed by atoms with Gasteiger partial charge in [0.15, 0.2) is 5.16 Å². The molecule has 0 spiro atoms. The molecule has 2 rings (SSSR count). The van der Waals surface area contributed by atoms with E-state index < -0.39 is 0 Å². The summed E-state index contributed by atoms with van der Waals surface area (Å²) in [5.41, 5.74) is 0.722. The molecule has 0 saturated carbocycles. The van der Waals surface area contributed by atoms with Crippen LogP contribution in [0, 0.1) is 0 Å². The third-order valence-electron chi connectivity index (χ3n) is 1.89. The molecule has 0 saturated heterocycles. The van der Waals surface area contributed by atoms with E-state index in [1.165, 1.54) is 11.8 Å². The van der Waals surface area contributed by atoms with Crippen LogP contribution in [0.2, 0.25) is 0 Å². The molecular weight excluding hydrogens is 288 g/mol. The predicted octanol–water partition coefficient (Wildman–Crippen LogP) is 2.88. The van der Waals surface area contributed by atoms with Crippen LogP contribution < -0.4 is 0 Å². The van der Waals surface area contributed by atoms with Crippen molar-refractivity contribution in [2.24, 2.45) is 0 Å². The van der Waals surface area contributed by atoms with Crippen LogP contribution in [0.3, 0.4) is 0 Å². The Labute approximate surface area is 106 Å². The molecule has 5 heteroatoms. The second-order valence-electron chi connectivity index (χ2n) is 3.09. The van der Waals surface area contributed by atoms with Crippen molar-refractivity contribution in [2.45, 2.75) is 16.7 Å². The zero-order valence-electron chi connectivity index (χ0n) is 8.30. The van der Waals surface area contributed by atoms with E-state index in [1.807, 2.05) is 24.3 Å². The molecule has 3 nitrogen and oxygen atoms in total. The van der Waals surface area contributed by atoms with Crippen LogP contribution in [-0.2, 0) is 6.61 Å². The van der Waals surface area contributed by atoms with Crippen molar-refractivity contribution in [2.75, 3.05) is 0 Å². The lowest BCUT2D eigenvalue weighted by Crippen LogP contribution is -1.90. The van der Waals surface area contributed by atoms with Gasteiger partial charge in [-0.15, -0.1) is 0 Å². The number of aromatic nitrogens is 2. The number of aliphatic hydroxyl groups is 1. The molecule has 0 radical (unpaired) electrons. The molecule has 0 unspecified atom stereocenters. The van der Waals surface area contributed by atoms with E-state index >= 15 is 0 Å². The van der Waals surface area contributed by atoms with Crippen molar-refractivity contribution in [3.05, 3.63) is 46.7 Å². The fourth-order valence-corrected chi connectivity index (χ4v) is 2.04. The highest BCUT2D eigenvalue weighted by molar-refractivity contribution is 9.10. The van der Waals surface area contributed by atoms with Gasteiger partial charge in [0.1, 0.15) is 0 Å². The molecule has 0 amide bonds. The molecule has 0 fully saturated rings. The first-order valence-corrected chi connectivity index (χ1v) is 6.24. The molecule has 1 N–H and O–H groups in total. The third-order valence-corrected chi connectivity index (χ3v) is 3.32. The van der Waals surface area contributed by atoms with Crippen LogP contribution in [0.1, 0.15) is 5.56 Å². The smallest absolute Gasteiger partial charge is 0.192 e. The summed E-state index contributed by atoms with van der Waals surface area (Å²) in [6.07, 6.45) is 3.27. The fourth-order valence-electron chi connectivity index (χ4n) is 1.09. The first-order chi connectivity index (χ1) is 7.78. The highest BCUT2D eigenvalue weighted by atomic mass is 79.9. The number of hydrogen-bond donors (Lipinski definition) is 1. The average Bonchev–Trinajstić information content (AvgIpc) is 2.33. The summed E-state index contributed by atoms with van der Waals surface area (Å²) in [6, 6.07) is 7.95. The van der Waals surface area contributed by atoms with Gasteiger partial charge in [0.2, 0.25) is 0 Å². The van der Waals surface area contributed by atoms with E-state index in [1.54, 1.807) is 12.4 Å². The molecule has 0 bridgehead atoms. The number of nitrogens with zero attached hydrogens (tertiary/aromatic N) is 2. The predicted molar refractivity (Wildman–Crippen MR) is 66.2 cm³/mol. The Hall–Kier alpha value is -0.910. The minimum absolute atomic E-state index is 0.0246. The molecule has 0 aliphatic carbocycles. The Morgan fingerprint density at radius 1 is 1.12 bits per heavy atom. The minimum Gasteiger partial charge on any atom is -0.392 e. The van der Waals surface area contributed by atoms with Gasteiger partial charge in [-0.05, 0) is 36.0 Å². The highest BCUT2D eigenvalue weighted by Gasteiger charge is 2.00. The van der Waals surface area contributed by atoms with Gasteiger partial charge in [0.25, 0.3) is 0 Å². The first-order valence-electron chi connectivity index (χ1n) is 4.63. The van der Waals surface area contributed by atoms with E-state index in [0.717, 1.165) is 14.9 Å². The van der Waals surface area contributed by atoms with E-state index in [9.17, 15) is 0 Å². The maximum atomic E-state index is 8.86. The van der Waals surface area contributed by atoms with Crippen LogP contribution in [0.15, 0.2) is 51.2 Å². The summed E-state index contributed by atoms with van der Waals surface area (Å²) in [5.74, 6) is 0. The summed E-state index contributed by atoms with van der Waals surface area (Å²) in [5, 5.41) is 9.54. The van der Waals surface area contributed by atoms with Crippen molar-refractivity contribution in [3.63, 3.8) is 0 Å². The zero-order valence-corrected chi connectivity index (χ0v) is 10.7. The van der Waals surface area contributed by atoms with Gasteiger partial charge in [-0.3, -0.25) is 0 Å². The Balaban J connectivity index is 2.11. The third kappa shape index (κ3) is 3.04. The molecule has 0 aliphatic rings. The van der Waals surface area contributed by atoms with Crippen molar-refractivity contribution >= 4 is 27.7 Å². The van der Waals surface area contributed by atoms with Gasteiger partial charge >= 0.3 is 0 Å². The van der Waals surface area contributed by atoms with Gasteiger partial charge in [-0.25, -0.2) is 9.97 Å². The molecule has 1 aromatic carbocycles. The summed E-state index contributed by atoms with van der Waals surface area (Å²) >= 11 is 4.87. The topological polar surface area (TPSA) is 46.0 Å². The van der Waals surface area contributed by atoms with Crippen molar-refractivity contribution in [1.29, 1.82) is 0 Å². The monoisotopic (exact) mass is 296 g/mol. The maximum absolute atomic E-state index is 8.86. The minimum atomic E-state index is -0.0246. The summed E-state index contributed by atoms with van der Waals surface area (Å²) < 4.78 is 1.05. The number of benzene rings is 1. The molecule has 16 heavy (non-hydrogen) atoms. The number of hydrogen-bond acceptors (Lipinski definition) is 4. The van der Waals surface area contributed by atoms with Crippen LogP contribution in [-0.4, -0.2) is 15.1 Å². The van der Waals surface area contributed by atoms with Gasteiger partial charge < -0.3 is 5.11 Å². The number of halogens is 1. The lowest BCUT2D eigenvalue weighted by Gasteiger charge is -2.00. The molecule has 0 aliphatic heterocycles. The Bertz CT molecular complexity index is 458. The Morgan fingerprint density at radius 3 is 2.31 bits per heavy atom. The lowest BCUT2D eigenvalue weighted by atomic mass is 10.4. The molecule has 2 aromatic rings. The standard InChI is InChI=1S/C11H9BrN2OS/c12-9-1-3-10(4-2-9)16-11-13-5-8(7-15)6-14-11/h1-6,15H,7H2. The quantitative estimate of drug-likeness (QED) is 0.885. The molecule has 1 aromatic heterocycles. The van der Waals surface area contributed by atoms with E-state index in [4.69, 9.17) is 5.11 Å². The SMILES string of the molecule is OCc1cnc(Sc2ccc(Br)cc2)nc1. The largest absolute Gasteiger partial charge is 0.392 e. The highest BCUT2D eigenvalue weighted by Crippen LogP contribution is 2.25. The van der Waals surface area contributed by atoms with Gasteiger partial charge in [0.05, 0.1) is 6.61 Å². The van der Waals surface area contributed by atoms with Crippen molar-refractivity contribution in [3.8, 4) is 0 Å². The van der Waals surface area contributed by atoms with Crippen molar-refractivity contribution < 1.29 is 5.11 Å². The molecular formula is C11H9BrN2OS. The second-order valence-corrected chi connectivity index (χ2v) is 5.04. The molecule has 1 heterocycles. The van der Waals surface area contributed by atoms with Crippen LogP contribution >= 0.6 is 27.7 Å². The normalized spacial score (nSPS) is 10.4. The van der Waals surface area contributed by atoms with Gasteiger partial charge in [-0.2, -0.15) is 0 Å². The summed E-state index contributed by atoms with van der Waals surface area (Å²) in [4.78, 5) is 9.38. The molecule has 0 atom stereocenters. The van der Waals surface area contributed by atoms with Gasteiger partial charge in [0, 0.05) is 27.3 Å². The fraction of sp³-hybridized carbons (Fsp3) is 0.0909. The van der Waals surface area contributed by atoms with Crippen LogP contribution in [0.4, 0.5) is 0 Å². The van der Waals surface area contributed by atoms with Crippen LogP contribution in [0.5, 0.6) is 0 Å². The lowest BCUT2D eigenvalue weighted by molar-refractivity contribution is 0.280. The number of aliphatic hydroxyl groups excluding tert-OH is 1. The summed E-state index contributed by atoms with van der Waals surface area (Å²) in [7, 11) is 0. The van der Waals surface area contributed by atoms with Crippen molar-refractivity contribution in [1.82, 2.24) is 9.97 Å². The number of rotatable bonds is 3. The maximum Gasteiger partial charge on any atom is 0.192 e. The van der Waals surface area contributed by atoms with E-state index in [-0.39, 0.29) is 6.61 Å². The second kappa shape index (κ2) is 5.43. The van der Waals surface area contributed by atoms with E-state index in [0.29, 0.717) is 5.16 Å². The van der Waals surface area contributed by atoms with Gasteiger partial charge in [-0.1, -0.05) is 15.9 Å². The average molecular weight is 297 g/mol.